The van der Waals surface area contributed by atoms with Crippen LogP contribution in [0, 0.1) is 0 Å². The number of carboxylic acids is 2. The van der Waals surface area contributed by atoms with Crippen molar-refractivity contribution in [2.24, 2.45) is 0 Å². The van der Waals surface area contributed by atoms with E-state index in [1.165, 1.54) is 0 Å². The molecule has 0 unspecified atom stereocenters. The summed E-state index contributed by atoms with van der Waals surface area (Å²) in [7, 11) is 0. The molecule has 5 nitrogen and oxygen atoms in total. The maximum atomic E-state index is 11.0. The summed E-state index contributed by atoms with van der Waals surface area (Å²) in [6.07, 6.45) is 0. The molecule has 0 aromatic heterocycles. The van der Waals surface area contributed by atoms with E-state index in [-0.39, 0.29) is 5.76 Å². The first-order valence-corrected chi connectivity index (χ1v) is 4.86. The average Bonchev–Trinajstić information content (AvgIpc) is 2.29. The molecule has 17 heavy (non-hydrogen) atoms. The molecule has 0 spiro atoms. The van der Waals surface area contributed by atoms with Gasteiger partial charge in [0.1, 0.15) is 0 Å². The fourth-order valence-electron chi connectivity index (χ4n) is 1.28. The summed E-state index contributed by atoms with van der Waals surface area (Å²) in [5.41, 5.74) is 1.06. The number of rotatable bonds is 5. The first-order valence-electron chi connectivity index (χ1n) is 4.86. The number of carboxylic acid groups (broad SMARTS) is 2. The van der Waals surface area contributed by atoms with Crippen molar-refractivity contribution >= 4 is 17.5 Å². The molecule has 2 N–H and O–H groups in total. The third-order valence-electron chi connectivity index (χ3n) is 2.08. The number of ether oxygens (including phenoxy) is 1. The second-order valence-corrected chi connectivity index (χ2v) is 3.31. The van der Waals surface area contributed by atoms with Crippen LogP contribution in [0.15, 0.2) is 36.1 Å². The molecule has 0 saturated carbocycles. The fourth-order valence-corrected chi connectivity index (χ4v) is 1.28. The van der Waals surface area contributed by atoms with E-state index in [4.69, 9.17) is 14.9 Å². The monoisotopic (exact) mass is 236 g/mol. The van der Waals surface area contributed by atoms with E-state index in [0.29, 0.717) is 11.1 Å². The van der Waals surface area contributed by atoms with Gasteiger partial charge in [-0.1, -0.05) is 30.3 Å². The standard InChI is InChI=1S/C12H12O5/c1-8(9-5-3-2-4-6-9)11(12(15)16)17-7-10(13)14/h2-6H,7H2,1H3,(H,13,14)(H,15,16)/b11-8+. The Bertz CT molecular complexity index is 447. The molecule has 0 saturated heterocycles. The minimum absolute atomic E-state index is 0.349. The second kappa shape index (κ2) is 5.69. The van der Waals surface area contributed by atoms with E-state index < -0.39 is 18.5 Å². The molecule has 1 aromatic carbocycles. The lowest BCUT2D eigenvalue weighted by Gasteiger charge is -2.08. The van der Waals surface area contributed by atoms with E-state index >= 15 is 0 Å². The van der Waals surface area contributed by atoms with Gasteiger partial charge in [-0.3, -0.25) is 0 Å². The van der Waals surface area contributed by atoms with E-state index in [9.17, 15) is 9.59 Å². The first-order chi connectivity index (χ1) is 8.02. The lowest BCUT2D eigenvalue weighted by molar-refractivity contribution is -0.143. The molecule has 0 aliphatic heterocycles. The Hall–Kier alpha value is -2.30. The SMILES string of the molecule is C/C(=C(\OCC(=O)O)C(=O)O)c1ccccc1. The zero-order valence-corrected chi connectivity index (χ0v) is 9.21. The number of aliphatic carboxylic acids is 2. The topological polar surface area (TPSA) is 83.8 Å². The molecule has 0 atom stereocenters. The van der Waals surface area contributed by atoms with Gasteiger partial charge in [-0.05, 0) is 12.5 Å². The molecular formula is C12H12O5. The summed E-state index contributed by atoms with van der Waals surface area (Å²) in [6.45, 7) is 0.895. The van der Waals surface area contributed by atoms with E-state index in [0.717, 1.165) is 0 Å². The van der Waals surface area contributed by atoms with Crippen LogP contribution in [0.4, 0.5) is 0 Å². The number of carbonyl (C=O) groups is 2. The highest BCUT2D eigenvalue weighted by atomic mass is 16.5. The number of hydrogen-bond donors (Lipinski definition) is 2. The number of allylic oxidation sites excluding steroid dienone is 1. The van der Waals surface area contributed by atoms with Crippen molar-refractivity contribution in [2.45, 2.75) is 6.92 Å². The zero-order valence-electron chi connectivity index (χ0n) is 9.21. The quantitative estimate of drug-likeness (QED) is 0.599. The lowest BCUT2D eigenvalue weighted by Crippen LogP contribution is -2.13. The normalized spacial score (nSPS) is 11.6. The molecule has 0 fully saturated rings. The Kier molecular flexibility index (Phi) is 4.28. The van der Waals surface area contributed by atoms with Gasteiger partial charge in [0.2, 0.25) is 5.76 Å². The zero-order chi connectivity index (χ0) is 12.8. The fraction of sp³-hybridized carbons (Fsp3) is 0.167. The molecule has 0 bridgehead atoms. The predicted octanol–water partition coefficient (Wildman–Crippen LogP) is 1.60. The van der Waals surface area contributed by atoms with Gasteiger partial charge >= 0.3 is 11.9 Å². The summed E-state index contributed by atoms with van der Waals surface area (Å²) in [5.74, 6) is -2.85. The van der Waals surface area contributed by atoms with Gasteiger partial charge in [0.15, 0.2) is 6.61 Å². The van der Waals surface area contributed by atoms with Gasteiger partial charge in [-0.15, -0.1) is 0 Å². The third kappa shape index (κ3) is 3.64. The predicted molar refractivity (Wildman–Crippen MR) is 60.3 cm³/mol. The van der Waals surface area contributed by atoms with Crippen molar-refractivity contribution in [3.8, 4) is 0 Å². The molecule has 0 amide bonds. The van der Waals surface area contributed by atoms with Crippen molar-refractivity contribution in [2.75, 3.05) is 6.61 Å². The molecule has 1 aromatic rings. The van der Waals surface area contributed by atoms with Crippen LogP contribution in [0.25, 0.3) is 5.57 Å². The van der Waals surface area contributed by atoms with E-state index in [2.05, 4.69) is 0 Å². The maximum Gasteiger partial charge on any atom is 0.371 e. The minimum Gasteiger partial charge on any atom is -0.479 e. The average molecular weight is 236 g/mol. The molecule has 0 radical (unpaired) electrons. The molecular weight excluding hydrogens is 224 g/mol. The second-order valence-electron chi connectivity index (χ2n) is 3.31. The van der Waals surface area contributed by atoms with Crippen LogP contribution in [0.5, 0.6) is 0 Å². The van der Waals surface area contributed by atoms with Crippen LogP contribution in [-0.4, -0.2) is 28.8 Å². The van der Waals surface area contributed by atoms with Crippen LogP contribution < -0.4 is 0 Å². The highest BCUT2D eigenvalue weighted by molar-refractivity contribution is 5.94. The van der Waals surface area contributed by atoms with E-state index in [1.807, 2.05) is 0 Å². The lowest BCUT2D eigenvalue weighted by atomic mass is 10.1. The van der Waals surface area contributed by atoms with Gasteiger partial charge in [0.05, 0.1) is 0 Å². The van der Waals surface area contributed by atoms with Crippen LogP contribution in [0.3, 0.4) is 0 Å². The molecule has 0 heterocycles. The van der Waals surface area contributed by atoms with Crippen molar-refractivity contribution in [1.82, 2.24) is 0 Å². The Balaban J connectivity index is 3.03. The van der Waals surface area contributed by atoms with Crippen LogP contribution >= 0.6 is 0 Å². The summed E-state index contributed by atoms with van der Waals surface area (Å²) < 4.78 is 4.76. The number of hydrogen-bond acceptors (Lipinski definition) is 3. The highest BCUT2D eigenvalue weighted by Crippen LogP contribution is 2.18. The Labute approximate surface area is 98.0 Å². The largest absolute Gasteiger partial charge is 0.479 e. The minimum atomic E-state index is -1.28. The summed E-state index contributed by atoms with van der Waals surface area (Å²) in [6, 6.07) is 8.77. The van der Waals surface area contributed by atoms with Gasteiger partial charge in [0.25, 0.3) is 0 Å². The smallest absolute Gasteiger partial charge is 0.371 e. The van der Waals surface area contributed by atoms with Gasteiger partial charge in [-0.25, -0.2) is 9.59 Å². The van der Waals surface area contributed by atoms with Crippen LogP contribution in [0.1, 0.15) is 12.5 Å². The van der Waals surface area contributed by atoms with Crippen LogP contribution in [0.2, 0.25) is 0 Å². The highest BCUT2D eigenvalue weighted by Gasteiger charge is 2.15. The van der Waals surface area contributed by atoms with Gasteiger partial charge < -0.3 is 14.9 Å². The summed E-state index contributed by atoms with van der Waals surface area (Å²) >= 11 is 0. The Morgan fingerprint density at radius 3 is 2.24 bits per heavy atom. The molecule has 1 rings (SSSR count). The molecule has 5 heteroatoms. The van der Waals surface area contributed by atoms with Crippen molar-refractivity contribution in [3.63, 3.8) is 0 Å². The summed E-state index contributed by atoms with van der Waals surface area (Å²) in [4.78, 5) is 21.3. The van der Waals surface area contributed by atoms with Crippen molar-refractivity contribution in [3.05, 3.63) is 41.7 Å². The molecule has 90 valence electrons. The van der Waals surface area contributed by atoms with Crippen molar-refractivity contribution < 1.29 is 24.5 Å². The maximum absolute atomic E-state index is 11.0. The van der Waals surface area contributed by atoms with E-state index in [1.54, 1.807) is 37.3 Å². The Morgan fingerprint density at radius 2 is 1.76 bits per heavy atom. The Morgan fingerprint density at radius 1 is 1.18 bits per heavy atom. The third-order valence-corrected chi connectivity index (χ3v) is 2.08. The summed E-state index contributed by atoms with van der Waals surface area (Å²) in [5, 5.41) is 17.4. The molecule has 0 aliphatic rings. The first kappa shape index (κ1) is 12.8. The van der Waals surface area contributed by atoms with Gasteiger partial charge in [0, 0.05) is 5.57 Å². The molecule has 0 aliphatic carbocycles. The van der Waals surface area contributed by atoms with Gasteiger partial charge in [-0.2, -0.15) is 0 Å². The van der Waals surface area contributed by atoms with Crippen molar-refractivity contribution in [1.29, 1.82) is 0 Å². The van der Waals surface area contributed by atoms with Crippen LogP contribution in [-0.2, 0) is 14.3 Å². The number of benzene rings is 1.